The molecule has 0 atom stereocenters. The maximum absolute atomic E-state index is 12.6. The summed E-state index contributed by atoms with van der Waals surface area (Å²) in [6, 6.07) is 6.07. The van der Waals surface area contributed by atoms with Crippen LogP contribution in [-0.2, 0) is 0 Å². The van der Waals surface area contributed by atoms with Gasteiger partial charge in [0.25, 0.3) is 5.91 Å². The first-order valence-electron chi connectivity index (χ1n) is 7.02. The van der Waals surface area contributed by atoms with Gasteiger partial charge in [0.2, 0.25) is 0 Å². The van der Waals surface area contributed by atoms with Gasteiger partial charge in [-0.2, -0.15) is 0 Å². The zero-order valence-corrected chi connectivity index (χ0v) is 12.2. The van der Waals surface area contributed by atoms with Crippen LogP contribution in [0.15, 0.2) is 18.2 Å². The lowest BCUT2D eigenvalue weighted by Gasteiger charge is -2.38. The average molecular weight is 260 g/mol. The highest BCUT2D eigenvalue weighted by Crippen LogP contribution is 2.30. The van der Waals surface area contributed by atoms with E-state index in [0.29, 0.717) is 6.54 Å². The Labute approximate surface area is 115 Å². The molecule has 1 aliphatic rings. The van der Waals surface area contributed by atoms with Gasteiger partial charge in [0.05, 0.1) is 0 Å². The summed E-state index contributed by atoms with van der Waals surface area (Å²) in [6.45, 7) is 8.59. The highest BCUT2D eigenvalue weighted by Gasteiger charge is 2.31. The minimum Gasteiger partial charge on any atom is -0.339 e. The van der Waals surface area contributed by atoms with Crippen molar-refractivity contribution in [3.8, 4) is 0 Å². The summed E-state index contributed by atoms with van der Waals surface area (Å²) in [6.07, 6.45) is 2.00. The highest BCUT2D eigenvalue weighted by molar-refractivity contribution is 5.95. The van der Waals surface area contributed by atoms with Crippen molar-refractivity contribution in [2.24, 2.45) is 11.1 Å². The Hall–Kier alpha value is -1.35. The van der Waals surface area contributed by atoms with E-state index in [1.54, 1.807) is 0 Å². The first-order valence-corrected chi connectivity index (χ1v) is 7.02. The number of nitrogens with zero attached hydrogens (tertiary/aromatic N) is 1. The van der Waals surface area contributed by atoms with E-state index in [-0.39, 0.29) is 11.3 Å². The Kier molecular flexibility index (Phi) is 3.95. The van der Waals surface area contributed by atoms with Crippen molar-refractivity contribution < 1.29 is 4.79 Å². The summed E-state index contributed by atoms with van der Waals surface area (Å²) in [5, 5.41) is 0. The largest absolute Gasteiger partial charge is 0.339 e. The fourth-order valence-corrected chi connectivity index (χ4v) is 2.59. The number of piperidine rings is 1. The van der Waals surface area contributed by atoms with Gasteiger partial charge in [-0.15, -0.1) is 0 Å². The number of carbonyl (C=O) groups is 1. The van der Waals surface area contributed by atoms with E-state index in [2.05, 4.69) is 6.92 Å². The second-order valence-electron chi connectivity index (χ2n) is 6.13. The van der Waals surface area contributed by atoms with Gasteiger partial charge in [-0.3, -0.25) is 4.79 Å². The number of aryl methyl sites for hydroxylation is 2. The summed E-state index contributed by atoms with van der Waals surface area (Å²) < 4.78 is 0. The van der Waals surface area contributed by atoms with Crippen molar-refractivity contribution >= 4 is 5.91 Å². The van der Waals surface area contributed by atoms with E-state index in [1.165, 1.54) is 0 Å². The fourth-order valence-electron chi connectivity index (χ4n) is 2.59. The zero-order chi connectivity index (χ0) is 14.0. The molecule has 0 bridgehead atoms. The molecule has 1 amide bonds. The molecule has 3 heteroatoms. The smallest absolute Gasteiger partial charge is 0.254 e. The van der Waals surface area contributed by atoms with Crippen LogP contribution in [0.2, 0.25) is 0 Å². The summed E-state index contributed by atoms with van der Waals surface area (Å²) in [5.41, 5.74) is 9.06. The molecule has 0 aliphatic carbocycles. The van der Waals surface area contributed by atoms with Crippen molar-refractivity contribution in [1.29, 1.82) is 0 Å². The number of hydrogen-bond donors (Lipinski definition) is 1. The maximum atomic E-state index is 12.6. The van der Waals surface area contributed by atoms with Crippen molar-refractivity contribution in [1.82, 2.24) is 4.90 Å². The van der Waals surface area contributed by atoms with Crippen molar-refractivity contribution in [2.75, 3.05) is 19.6 Å². The van der Waals surface area contributed by atoms with Crippen molar-refractivity contribution in [3.63, 3.8) is 0 Å². The third-order valence-corrected chi connectivity index (χ3v) is 4.37. The Bertz CT molecular complexity index is 474. The van der Waals surface area contributed by atoms with Gasteiger partial charge in [-0.05, 0) is 50.3 Å². The molecule has 1 aromatic carbocycles. The normalized spacial score (nSPS) is 18.4. The summed E-state index contributed by atoms with van der Waals surface area (Å²) in [7, 11) is 0. The molecule has 0 aromatic heterocycles. The third kappa shape index (κ3) is 2.98. The maximum Gasteiger partial charge on any atom is 0.254 e. The van der Waals surface area contributed by atoms with Gasteiger partial charge in [-0.1, -0.05) is 24.6 Å². The predicted molar refractivity (Wildman–Crippen MR) is 78.2 cm³/mol. The van der Waals surface area contributed by atoms with Crippen LogP contribution in [0.3, 0.4) is 0 Å². The van der Waals surface area contributed by atoms with Crippen LogP contribution in [0, 0.1) is 19.3 Å². The van der Waals surface area contributed by atoms with E-state index in [4.69, 9.17) is 5.73 Å². The lowest BCUT2D eigenvalue weighted by molar-refractivity contribution is 0.0617. The van der Waals surface area contributed by atoms with Crippen LogP contribution >= 0.6 is 0 Å². The SMILES string of the molecule is Cc1ccc(C)c(C(=O)N2CCC(C)(CN)CC2)c1. The molecule has 2 rings (SSSR count). The second-order valence-corrected chi connectivity index (χ2v) is 6.13. The van der Waals surface area contributed by atoms with E-state index >= 15 is 0 Å². The topological polar surface area (TPSA) is 46.3 Å². The Morgan fingerprint density at radius 3 is 2.53 bits per heavy atom. The van der Waals surface area contributed by atoms with Gasteiger partial charge in [0.15, 0.2) is 0 Å². The summed E-state index contributed by atoms with van der Waals surface area (Å²) in [4.78, 5) is 14.5. The molecule has 1 fully saturated rings. The predicted octanol–water partition coefficient (Wildman–Crippen LogP) is 2.50. The standard InChI is InChI=1S/C16H24N2O/c1-12-4-5-13(2)14(10-12)15(19)18-8-6-16(3,11-17)7-9-18/h4-5,10H,6-9,11,17H2,1-3H3. The van der Waals surface area contributed by atoms with Crippen LogP contribution in [0.5, 0.6) is 0 Å². The highest BCUT2D eigenvalue weighted by atomic mass is 16.2. The van der Waals surface area contributed by atoms with E-state index < -0.39 is 0 Å². The summed E-state index contributed by atoms with van der Waals surface area (Å²) >= 11 is 0. The molecule has 0 radical (unpaired) electrons. The van der Waals surface area contributed by atoms with Gasteiger partial charge in [0.1, 0.15) is 0 Å². The number of likely N-dealkylation sites (tertiary alicyclic amines) is 1. The van der Waals surface area contributed by atoms with Gasteiger partial charge in [-0.25, -0.2) is 0 Å². The molecular weight excluding hydrogens is 236 g/mol. The molecule has 1 heterocycles. The minimum atomic E-state index is 0.167. The van der Waals surface area contributed by atoms with Crippen LogP contribution in [0.4, 0.5) is 0 Å². The van der Waals surface area contributed by atoms with Gasteiger partial charge >= 0.3 is 0 Å². The first-order chi connectivity index (χ1) is 8.95. The van der Waals surface area contributed by atoms with Crippen LogP contribution in [0.1, 0.15) is 41.3 Å². The average Bonchev–Trinajstić information content (AvgIpc) is 2.42. The van der Waals surface area contributed by atoms with Gasteiger partial charge < -0.3 is 10.6 Å². The molecular formula is C16H24N2O. The lowest BCUT2D eigenvalue weighted by atomic mass is 9.80. The number of carbonyl (C=O) groups excluding carboxylic acids is 1. The molecule has 2 N–H and O–H groups in total. The molecule has 104 valence electrons. The molecule has 1 saturated heterocycles. The Morgan fingerprint density at radius 2 is 1.95 bits per heavy atom. The van der Waals surface area contributed by atoms with Crippen LogP contribution in [-0.4, -0.2) is 30.4 Å². The lowest BCUT2D eigenvalue weighted by Crippen LogP contribution is -2.44. The molecule has 0 saturated carbocycles. The molecule has 0 spiro atoms. The molecule has 1 aliphatic heterocycles. The first kappa shape index (κ1) is 14.1. The monoisotopic (exact) mass is 260 g/mol. The number of amides is 1. The quantitative estimate of drug-likeness (QED) is 0.888. The van der Waals surface area contributed by atoms with Crippen LogP contribution < -0.4 is 5.73 Å². The number of hydrogen-bond acceptors (Lipinski definition) is 2. The number of benzene rings is 1. The summed E-state index contributed by atoms with van der Waals surface area (Å²) in [5.74, 6) is 0.167. The fraction of sp³-hybridized carbons (Fsp3) is 0.562. The molecule has 0 unspecified atom stereocenters. The zero-order valence-electron chi connectivity index (χ0n) is 12.2. The van der Waals surface area contributed by atoms with E-state index in [9.17, 15) is 4.79 Å². The van der Waals surface area contributed by atoms with Crippen molar-refractivity contribution in [3.05, 3.63) is 34.9 Å². The molecule has 19 heavy (non-hydrogen) atoms. The minimum absolute atomic E-state index is 0.167. The second kappa shape index (κ2) is 5.33. The Morgan fingerprint density at radius 1 is 1.32 bits per heavy atom. The number of nitrogens with two attached hydrogens (primary N) is 1. The molecule has 1 aromatic rings. The third-order valence-electron chi connectivity index (χ3n) is 4.37. The van der Waals surface area contributed by atoms with Crippen molar-refractivity contribution in [2.45, 2.75) is 33.6 Å². The molecule has 3 nitrogen and oxygen atoms in total. The van der Waals surface area contributed by atoms with E-state index in [0.717, 1.165) is 42.6 Å². The number of rotatable bonds is 2. The van der Waals surface area contributed by atoms with Crippen LogP contribution in [0.25, 0.3) is 0 Å². The van der Waals surface area contributed by atoms with Gasteiger partial charge in [0, 0.05) is 18.7 Å². The van der Waals surface area contributed by atoms with E-state index in [1.807, 2.05) is 36.9 Å². The Balaban J connectivity index is 2.11.